The maximum Gasteiger partial charge on any atom is 0.0900 e. The third-order valence-electron chi connectivity index (χ3n) is 3.52. The van der Waals surface area contributed by atoms with Gasteiger partial charge >= 0.3 is 0 Å². The highest BCUT2D eigenvalue weighted by Gasteiger charge is 2.26. The molecule has 0 saturated carbocycles. The van der Waals surface area contributed by atoms with Gasteiger partial charge < -0.3 is 10.1 Å². The van der Waals surface area contributed by atoms with Crippen LogP contribution in [0.15, 0.2) is 0 Å². The van der Waals surface area contributed by atoms with Crippen molar-refractivity contribution in [2.75, 3.05) is 0 Å². The van der Waals surface area contributed by atoms with E-state index in [0.29, 0.717) is 24.3 Å². The molecule has 2 heterocycles. The van der Waals surface area contributed by atoms with Gasteiger partial charge in [-0.1, -0.05) is 0 Å². The van der Waals surface area contributed by atoms with E-state index in [1.807, 2.05) is 11.3 Å². The first-order chi connectivity index (χ1) is 8.45. The first-order valence-electron chi connectivity index (χ1n) is 6.81. The molecule has 1 aromatic heterocycles. The zero-order valence-electron chi connectivity index (χ0n) is 12.0. The van der Waals surface area contributed by atoms with Crippen LogP contribution in [0.1, 0.15) is 55.2 Å². The zero-order valence-corrected chi connectivity index (χ0v) is 12.8. The fourth-order valence-electron chi connectivity index (χ4n) is 2.92. The van der Waals surface area contributed by atoms with E-state index >= 15 is 0 Å². The van der Waals surface area contributed by atoms with Gasteiger partial charge in [0.05, 0.1) is 22.9 Å². The lowest BCUT2D eigenvalue weighted by Crippen LogP contribution is -2.42. The van der Waals surface area contributed by atoms with Crippen LogP contribution in [0.5, 0.6) is 0 Å². The number of aromatic nitrogens is 1. The summed E-state index contributed by atoms with van der Waals surface area (Å²) >= 11 is 1.81. The number of nitrogens with zero attached hydrogens (tertiary/aromatic N) is 1. The van der Waals surface area contributed by atoms with Crippen molar-refractivity contribution in [1.29, 1.82) is 0 Å². The molecule has 0 aromatic carbocycles. The molecule has 1 aliphatic rings. The predicted molar refractivity (Wildman–Crippen MR) is 76.2 cm³/mol. The number of hydrogen-bond acceptors (Lipinski definition) is 4. The van der Waals surface area contributed by atoms with E-state index in [9.17, 15) is 0 Å². The summed E-state index contributed by atoms with van der Waals surface area (Å²) in [6, 6.07) is 0.944. The van der Waals surface area contributed by atoms with Crippen LogP contribution < -0.4 is 5.32 Å². The van der Waals surface area contributed by atoms with Crippen LogP contribution in [0, 0.1) is 13.8 Å². The van der Waals surface area contributed by atoms with Crippen LogP contribution in [-0.2, 0) is 4.74 Å². The zero-order chi connectivity index (χ0) is 13.3. The van der Waals surface area contributed by atoms with Gasteiger partial charge in [0.1, 0.15) is 0 Å². The average Bonchev–Trinajstić information content (AvgIpc) is 2.56. The highest BCUT2D eigenvalue weighted by atomic mass is 32.1. The number of aryl methyl sites for hydroxylation is 2. The summed E-state index contributed by atoms with van der Waals surface area (Å²) < 4.78 is 5.78. The summed E-state index contributed by atoms with van der Waals surface area (Å²) in [7, 11) is 0. The summed E-state index contributed by atoms with van der Waals surface area (Å²) in [5.41, 5.74) is 1.17. The van der Waals surface area contributed by atoms with Crippen LogP contribution in [0.4, 0.5) is 0 Å². The Morgan fingerprint density at radius 1 is 1.28 bits per heavy atom. The van der Waals surface area contributed by atoms with E-state index in [2.05, 4.69) is 44.9 Å². The Morgan fingerprint density at radius 2 is 1.89 bits per heavy atom. The Kier molecular flexibility index (Phi) is 4.41. The number of hydrogen-bond donors (Lipinski definition) is 1. The highest BCUT2D eigenvalue weighted by Crippen LogP contribution is 2.27. The molecule has 18 heavy (non-hydrogen) atoms. The number of thiazole rings is 1. The Bertz CT molecular complexity index is 394. The number of nitrogens with one attached hydrogen (secondary N) is 1. The van der Waals surface area contributed by atoms with Crippen molar-refractivity contribution in [3.8, 4) is 0 Å². The molecule has 3 unspecified atom stereocenters. The molecule has 1 N–H and O–H groups in total. The minimum Gasteiger partial charge on any atom is -0.375 e. The van der Waals surface area contributed by atoms with Crippen molar-refractivity contribution in [3.05, 3.63) is 15.6 Å². The number of ether oxygens (including phenoxy) is 1. The normalized spacial score (nSPS) is 30.4. The van der Waals surface area contributed by atoms with Gasteiger partial charge in [0.2, 0.25) is 0 Å². The molecule has 1 aliphatic heterocycles. The molecule has 1 aromatic rings. The van der Waals surface area contributed by atoms with Crippen LogP contribution in [0.25, 0.3) is 0 Å². The van der Waals surface area contributed by atoms with Gasteiger partial charge in [-0.05, 0) is 47.5 Å². The number of rotatable bonds is 3. The maximum absolute atomic E-state index is 5.78. The van der Waals surface area contributed by atoms with Gasteiger partial charge in [-0.15, -0.1) is 11.3 Å². The Labute approximate surface area is 114 Å². The minimum absolute atomic E-state index is 0.364. The smallest absolute Gasteiger partial charge is 0.0900 e. The molecule has 0 radical (unpaired) electrons. The molecule has 0 spiro atoms. The van der Waals surface area contributed by atoms with E-state index < -0.39 is 0 Å². The topological polar surface area (TPSA) is 34.2 Å². The van der Waals surface area contributed by atoms with Gasteiger partial charge in [0.15, 0.2) is 0 Å². The molecular formula is C14H24N2OS. The maximum atomic E-state index is 5.78. The lowest BCUT2D eigenvalue weighted by molar-refractivity contribution is -0.0433. The van der Waals surface area contributed by atoms with Crippen molar-refractivity contribution >= 4 is 11.3 Å². The molecule has 4 heteroatoms. The molecule has 0 bridgehead atoms. The SMILES string of the molecule is Cc1nc(C)c(C(C)NC2CC(C)OC(C)C2)s1. The molecule has 3 nitrogen and oxygen atoms in total. The molecule has 102 valence electrons. The van der Waals surface area contributed by atoms with Gasteiger partial charge in [0, 0.05) is 17.0 Å². The summed E-state index contributed by atoms with van der Waals surface area (Å²) in [5.74, 6) is 0. The Balaban J connectivity index is 1.98. The fourth-order valence-corrected chi connectivity index (χ4v) is 3.86. The van der Waals surface area contributed by atoms with Crippen molar-refractivity contribution in [2.45, 2.75) is 71.8 Å². The average molecular weight is 268 g/mol. The van der Waals surface area contributed by atoms with Gasteiger partial charge in [0.25, 0.3) is 0 Å². The van der Waals surface area contributed by atoms with E-state index in [4.69, 9.17) is 4.74 Å². The standard InChI is InChI=1S/C14H24N2OS/c1-8-6-13(7-9(2)17-8)16-11(4)14-10(3)15-12(5)18-14/h8-9,11,13,16H,6-7H2,1-5H3. The Hall–Kier alpha value is -0.450. The molecule has 1 saturated heterocycles. The molecule has 1 fully saturated rings. The first kappa shape index (κ1) is 14.0. The summed E-state index contributed by atoms with van der Waals surface area (Å²) in [6.07, 6.45) is 2.93. The van der Waals surface area contributed by atoms with Crippen LogP contribution in [-0.4, -0.2) is 23.2 Å². The lowest BCUT2D eigenvalue weighted by Gasteiger charge is -2.34. The van der Waals surface area contributed by atoms with Crippen LogP contribution >= 0.6 is 11.3 Å². The quantitative estimate of drug-likeness (QED) is 0.912. The fraction of sp³-hybridized carbons (Fsp3) is 0.786. The monoisotopic (exact) mass is 268 g/mol. The van der Waals surface area contributed by atoms with Crippen molar-refractivity contribution < 1.29 is 4.74 Å². The molecule has 2 rings (SSSR count). The summed E-state index contributed by atoms with van der Waals surface area (Å²) in [6.45, 7) is 10.7. The predicted octanol–water partition coefficient (Wildman–Crippen LogP) is 3.37. The molecular weight excluding hydrogens is 244 g/mol. The first-order valence-corrected chi connectivity index (χ1v) is 7.62. The van der Waals surface area contributed by atoms with Crippen LogP contribution in [0.3, 0.4) is 0 Å². The molecule has 3 atom stereocenters. The van der Waals surface area contributed by atoms with E-state index in [-0.39, 0.29) is 0 Å². The van der Waals surface area contributed by atoms with Gasteiger partial charge in [-0.3, -0.25) is 0 Å². The second-order valence-electron chi connectivity index (χ2n) is 5.50. The summed E-state index contributed by atoms with van der Waals surface area (Å²) in [5, 5.41) is 4.90. The second kappa shape index (κ2) is 5.68. The van der Waals surface area contributed by atoms with E-state index in [1.54, 1.807) is 0 Å². The third kappa shape index (κ3) is 3.31. The summed E-state index contributed by atoms with van der Waals surface area (Å²) in [4.78, 5) is 5.88. The largest absolute Gasteiger partial charge is 0.375 e. The Morgan fingerprint density at radius 3 is 2.39 bits per heavy atom. The van der Waals surface area contributed by atoms with E-state index in [0.717, 1.165) is 17.8 Å². The third-order valence-corrected chi connectivity index (χ3v) is 4.77. The van der Waals surface area contributed by atoms with Gasteiger partial charge in [-0.2, -0.15) is 0 Å². The second-order valence-corrected chi connectivity index (χ2v) is 6.73. The lowest BCUT2D eigenvalue weighted by atomic mass is 9.99. The van der Waals surface area contributed by atoms with E-state index in [1.165, 1.54) is 10.6 Å². The van der Waals surface area contributed by atoms with Gasteiger partial charge in [-0.25, -0.2) is 4.98 Å². The van der Waals surface area contributed by atoms with Crippen molar-refractivity contribution in [3.63, 3.8) is 0 Å². The van der Waals surface area contributed by atoms with Crippen LogP contribution in [0.2, 0.25) is 0 Å². The highest BCUT2D eigenvalue weighted by molar-refractivity contribution is 7.11. The van der Waals surface area contributed by atoms with Crippen molar-refractivity contribution in [1.82, 2.24) is 10.3 Å². The van der Waals surface area contributed by atoms with Crippen molar-refractivity contribution in [2.24, 2.45) is 0 Å². The molecule has 0 aliphatic carbocycles. The molecule has 0 amide bonds. The minimum atomic E-state index is 0.364.